The summed E-state index contributed by atoms with van der Waals surface area (Å²) in [5, 5.41) is 18.0. The zero-order valence-electron chi connectivity index (χ0n) is 18.0. The Bertz CT molecular complexity index is 1270. The molecule has 4 aromatic rings. The average molecular weight is 459 g/mol. The highest BCUT2D eigenvalue weighted by Gasteiger charge is 2.29. The van der Waals surface area contributed by atoms with Crippen LogP contribution in [-0.2, 0) is 6.54 Å². The Kier molecular flexibility index (Phi) is 4.94. The number of hydrogen-bond donors (Lipinski definition) is 3. The number of benzene rings is 1. The molecule has 0 saturated heterocycles. The van der Waals surface area contributed by atoms with Crippen molar-refractivity contribution in [3.63, 3.8) is 0 Å². The minimum absolute atomic E-state index is 0.0321. The Morgan fingerprint density at radius 3 is 2.81 bits per heavy atom. The van der Waals surface area contributed by atoms with Gasteiger partial charge in [-0.2, -0.15) is 19.6 Å². The van der Waals surface area contributed by atoms with Crippen molar-refractivity contribution in [1.82, 2.24) is 29.5 Å². The van der Waals surface area contributed by atoms with Crippen molar-refractivity contribution in [3.8, 4) is 0 Å². The molecule has 3 N–H and O–H groups in total. The van der Waals surface area contributed by atoms with Gasteiger partial charge >= 0.3 is 0 Å². The standard InChI is InChI=1S/C21H24ClFN8O/c1-21(2,32)10-30(3)20-28-18-12(11-4-5-11)8-25-31(18)19(29-20)24-9-17-26-15-6-13(22)14(23)7-16(15)27-17/h6-8,11,32H,4-5,9-10H2,1-3H3,(H,26,27)(H,24,28,29). The number of fused-ring (bicyclic) bond motifs is 2. The van der Waals surface area contributed by atoms with Gasteiger partial charge in [0.15, 0.2) is 5.65 Å². The number of aliphatic hydroxyl groups is 1. The Labute approximate surface area is 188 Å². The summed E-state index contributed by atoms with van der Waals surface area (Å²) in [6.07, 6.45) is 4.10. The molecule has 9 nitrogen and oxygen atoms in total. The predicted molar refractivity (Wildman–Crippen MR) is 121 cm³/mol. The van der Waals surface area contributed by atoms with Crippen molar-refractivity contribution in [2.45, 2.75) is 44.8 Å². The van der Waals surface area contributed by atoms with Gasteiger partial charge in [-0.05, 0) is 38.7 Å². The lowest BCUT2D eigenvalue weighted by Gasteiger charge is -2.25. The van der Waals surface area contributed by atoms with Crippen molar-refractivity contribution >= 4 is 40.2 Å². The van der Waals surface area contributed by atoms with E-state index >= 15 is 0 Å². The molecule has 1 fully saturated rings. The molecule has 0 aliphatic heterocycles. The number of halogens is 2. The van der Waals surface area contributed by atoms with E-state index in [0.29, 0.717) is 47.8 Å². The molecule has 3 heterocycles. The summed E-state index contributed by atoms with van der Waals surface area (Å²) < 4.78 is 15.4. The first-order chi connectivity index (χ1) is 15.2. The molecule has 168 valence electrons. The number of anilines is 2. The Morgan fingerprint density at radius 1 is 1.31 bits per heavy atom. The van der Waals surface area contributed by atoms with Crippen molar-refractivity contribution in [1.29, 1.82) is 0 Å². The van der Waals surface area contributed by atoms with Crippen LogP contribution in [0.25, 0.3) is 16.7 Å². The third kappa shape index (κ3) is 4.07. The van der Waals surface area contributed by atoms with E-state index in [4.69, 9.17) is 16.6 Å². The Morgan fingerprint density at radius 2 is 2.09 bits per heavy atom. The molecular formula is C21H24ClFN8O. The third-order valence-electron chi connectivity index (χ3n) is 5.35. The summed E-state index contributed by atoms with van der Waals surface area (Å²) in [7, 11) is 1.85. The number of likely N-dealkylation sites (N-methyl/N-ethyl adjacent to an activating group) is 1. The number of aromatic amines is 1. The molecule has 0 unspecified atom stereocenters. The Hall–Kier alpha value is -2.98. The van der Waals surface area contributed by atoms with Gasteiger partial charge in [-0.1, -0.05) is 11.6 Å². The fraction of sp³-hybridized carbons (Fsp3) is 0.429. The van der Waals surface area contributed by atoms with E-state index in [2.05, 4.69) is 25.4 Å². The van der Waals surface area contributed by atoms with Crippen molar-refractivity contribution in [2.24, 2.45) is 0 Å². The normalized spacial score (nSPS) is 14.4. The van der Waals surface area contributed by atoms with Gasteiger partial charge in [0.05, 0.1) is 34.4 Å². The molecule has 0 spiro atoms. The summed E-state index contributed by atoms with van der Waals surface area (Å²) in [5.74, 6) is 1.57. The van der Waals surface area contributed by atoms with Crippen molar-refractivity contribution < 1.29 is 9.50 Å². The van der Waals surface area contributed by atoms with E-state index < -0.39 is 11.4 Å². The molecule has 0 amide bonds. The summed E-state index contributed by atoms with van der Waals surface area (Å²) >= 11 is 5.87. The molecule has 11 heteroatoms. The first-order valence-electron chi connectivity index (χ1n) is 10.4. The molecule has 0 atom stereocenters. The SMILES string of the molecule is CN(CC(C)(C)O)c1nc(NCc2nc3cc(Cl)c(F)cc3[nH]2)n2ncc(C3CC3)c2n1. The topological polar surface area (TPSA) is 107 Å². The number of nitrogens with zero attached hydrogens (tertiary/aromatic N) is 6. The summed E-state index contributed by atoms with van der Waals surface area (Å²) in [6, 6.07) is 2.82. The first-order valence-corrected chi connectivity index (χ1v) is 10.8. The van der Waals surface area contributed by atoms with Crippen LogP contribution in [0.1, 0.15) is 44.0 Å². The number of rotatable bonds is 7. The second kappa shape index (κ2) is 7.56. The molecule has 0 radical (unpaired) electrons. The maximum Gasteiger partial charge on any atom is 0.230 e. The molecule has 1 aliphatic rings. The van der Waals surface area contributed by atoms with Gasteiger partial charge in [0.2, 0.25) is 11.9 Å². The second-order valence-electron chi connectivity index (χ2n) is 8.95. The molecule has 1 aromatic carbocycles. The number of aromatic nitrogens is 6. The van der Waals surface area contributed by atoms with E-state index in [1.165, 1.54) is 12.1 Å². The van der Waals surface area contributed by atoms with E-state index in [0.717, 1.165) is 24.1 Å². The molecule has 5 rings (SSSR count). The van der Waals surface area contributed by atoms with Gasteiger partial charge in [0.25, 0.3) is 0 Å². The maximum absolute atomic E-state index is 13.7. The van der Waals surface area contributed by atoms with Gasteiger partial charge in [-0.3, -0.25) is 0 Å². The highest BCUT2D eigenvalue weighted by atomic mass is 35.5. The molecule has 0 bridgehead atoms. The third-order valence-corrected chi connectivity index (χ3v) is 5.64. The molecule has 1 saturated carbocycles. The lowest BCUT2D eigenvalue weighted by Crippen LogP contribution is -2.37. The van der Waals surface area contributed by atoms with Gasteiger partial charge in [-0.15, -0.1) is 0 Å². The zero-order chi connectivity index (χ0) is 22.6. The quantitative estimate of drug-likeness (QED) is 0.389. The fourth-order valence-electron chi connectivity index (χ4n) is 3.81. The predicted octanol–water partition coefficient (Wildman–Crippen LogP) is 3.49. The van der Waals surface area contributed by atoms with Crippen molar-refractivity contribution in [2.75, 3.05) is 23.8 Å². The van der Waals surface area contributed by atoms with Crippen LogP contribution in [0.2, 0.25) is 5.02 Å². The van der Waals surface area contributed by atoms with Gasteiger partial charge in [0, 0.05) is 25.2 Å². The minimum atomic E-state index is -0.901. The van der Waals surface area contributed by atoms with Crippen LogP contribution in [0.3, 0.4) is 0 Å². The lowest BCUT2D eigenvalue weighted by atomic mass is 10.1. The van der Waals surface area contributed by atoms with E-state index in [1.54, 1.807) is 18.4 Å². The fourth-order valence-corrected chi connectivity index (χ4v) is 3.96. The van der Waals surface area contributed by atoms with E-state index in [1.807, 2.05) is 18.1 Å². The van der Waals surface area contributed by atoms with Crippen LogP contribution in [0.15, 0.2) is 18.3 Å². The molecule has 1 aliphatic carbocycles. The van der Waals surface area contributed by atoms with Crippen LogP contribution in [0.5, 0.6) is 0 Å². The molecule has 32 heavy (non-hydrogen) atoms. The van der Waals surface area contributed by atoms with Crippen LogP contribution in [0, 0.1) is 5.82 Å². The summed E-state index contributed by atoms with van der Waals surface area (Å²) in [5.41, 5.74) is 2.10. The minimum Gasteiger partial charge on any atom is -0.389 e. The molecule has 3 aromatic heterocycles. The van der Waals surface area contributed by atoms with Crippen molar-refractivity contribution in [3.05, 3.63) is 40.6 Å². The smallest absolute Gasteiger partial charge is 0.230 e. The van der Waals surface area contributed by atoms with Crippen LogP contribution in [0.4, 0.5) is 16.3 Å². The number of hydrogen-bond acceptors (Lipinski definition) is 7. The number of imidazole rings is 1. The first kappa shape index (κ1) is 20.9. The zero-order valence-corrected chi connectivity index (χ0v) is 18.8. The summed E-state index contributed by atoms with van der Waals surface area (Å²) in [4.78, 5) is 18.8. The summed E-state index contributed by atoms with van der Waals surface area (Å²) in [6.45, 7) is 4.16. The van der Waals surface area contributed by atoms with Crippen LogP contribution < -0.4 is 10.2 Å². The van der Waals surface area contributed by atoms with E-state index in [9.17, 15) is 9.50 Å². The molecular weight excluding hydrogens is 435 g/mol. The van der Waals surface area contributed by atoms with Gasteiger partial charge in [-0.25, -0.2) is 9.37 Å². The monoisotopic (exact) mass is 458 g/mol. The number of nitrogens with one attached hydrogen (secondary N) is 2. The van der Waals surface area contributed by atoms with E-state index in [-0.39, 0.29) is 5.02 Å². The van der Waals surface area contributed by atoms with Gasteiger partial charge in [0.1, 0.15) is 11.6 Å². The van der Waals surface area contributed by atoms with Crippen LogP contribution in [-0.4, -0.2) is 53.9 Å². The van der Waals surface area contributed by atoms with Gasteiger partial charge < -0.3 is 20.3 Å². The largest absolute Gasteiger partial charge is 0.389 e. The number of H-pyrrole nitrogens is 1. The average Bonchev–Trinajstić information content (AvgIpc) is 3.34. The maximum atomic E-state index is 13.7. The highest BCUT2D eigenvalue weighted by molar-refractivity contribution is 6.31. The Balaban J connectivity index is 1.48. The lowest BCUT2D eigenvalue weighted by molar-refractivity contribution is 0.0883. The highest BCUT2D eigenvalue weighted by Crippen LogP contribution is 2.42. The van der Waals surface area contributed by atoms with Crippen LogP contribution >= 0.6 is 11.6 Å². The second-order valence-corrected chi connectivity index (χ2v) is 9.35.